The third kappa shape index (κ3) is 1.41. The van der Waals surface area contributed by atoms with Crippen LogP contribution in [0.1, 0.15) is 39.5 Å². The normalized spacial score (nSPS) is 42.7. The second-order valence-electron chi connectivity index (χ2n) is 5.99. The van der Waals surface area contributed by atoms with Crippen molar-refractivity contribution in [1.29, 1.82) is 0 Å². The standard InChI is InChI=1S/C12H24N/c1-9(2)10-7-11-5-6-12(8-10)13(11,3)4/h9-12H,5-8H2,1-4H3/q+1/t10?,11-,12+. The first-order chi connectivity index (χ1) is 6.01. The van der Waals surface area contributed by atoms with Crippen LogP contribution in [0.5, 0.6) is 0 Å². The van der Waals surface area contributed by atoms with Crippen LogP contribution in [0, 0.1) is 11.8 Å². The first-order valence-electron chi connectivity index (χ1n) is 5.85. The molecule has 13 heavy (non-hydrogen) atoms. The number of hydrogen-bond acceptors (Lipinski definition) is 0. The van der Waals surface area contributed by atoms with E-state index in [-0.39, 0.29) is 0 Å². The summed E-state index contributed by atoms with van der Waals surface area (Å²) in [5.74, 6) is 1.92. The minimum absolute atomic E-state index is 0.906. The molecule has 2 aliphatic heterocycles. The predicted octanol–water partition coefficient (Wildman–Crippen LogP) is 2.66. The number of piperidine rings is 1. The van der Waals surface area contributed by atoms with Gasteiger partial charge in [-0.05, 0) is 11.8 Å². The van der Waals surface area contributed by atoms with E-state index in [9.17, 15) is 0 Å². The number of rotatable bonds is 1. The highest BCUT2D eigenvalue weighted by Gasteiger charge is 2.49. The summed E-state index contributed by atoms with van der Waals surface area (Å²) in [4.78, 5) is 0. The Kier molecular flexibility index (Phi) is 2.18. The summed E-state index contributed by atoms with van der Waals surface area (Å²) in [6.45, 7) is 4.80. The second-order valence-corrected chi connectivity index (χ2v) is 5.99. The molecule has 2 fully saturated rings. The lowest BCUT2D eigenvalue weighted by molar-refractivity contribution is -0.931. The number of quaternary nitrogens is 1. The molecule has 76 valence electrons. The van der Waals surface area contributed by atoms with Gasteiger partial charge in [0.25, 0.3) is 0 Å². The zero-order chi connectivity index (χ0) is 9.64. The van der Waals surface area contributed by atoms with Crippen molar-refractivity contribution in [1.82, 2.24) is 0 Å². The SMILES string of the molecule is CC(C)C1C[C@H]2CC[C@@H](C1)[N+]2(C)C. The highest BCUT2D eigenvalue weighted by Crippen LogP contribution is 2.44. The van der Waals surface area contributed by atoms with Crippen LogP contribution in [0.2, 0.25) is 0 Å². The molecule has 0 N–H and O–H groups in total. The molecule has 2 rings (SSSR count). The molecular weight excluding hydrogens is 158 g/mol. The number of nitrogens with zero attached hydrogens (tertiary/aromatic N) is 1. The smallest absolute Gasteiger partial charge is 0.0893 e. The van der Waals surface area contributed by atoms with Crippen LogP contribution < -0.4 is 0 Å². The minimum atomic E-state index is 0.906. The third-order valence-corrected chi connectivity index (χ3v) is 4.81. The zero-order valence-electron chi connectivity index (χ0n) is 9.59. The van der Waals surface area contributed by atoms with E-state index in [1.165, 1.54) is 30.2 Å². The van der Waals surface area contributed by atoms with Crippen molar-refractivity contribution in [3.8, 4) is 0 Å². The van der Waals surface area contributed by atoms with Gasteiger partial charge in [0.1, 0.15) is 0 Å². The molecule has 0 amide bonds. The molecule has 1 nitrogen and oxygen atoms in total. The van der Waals surface area contributed by atoms with Crippen molar-refractivity contribution >= 4 is 0 Å². The summed E-state index contributed by atoms with van der Waals surface area (Å²) >= 11 is 0. The topological polar surface area (TPSA) is 0 Å². The van der Waals surface area contributed by atoms with Gasteiger partial charge in [-0.15, -0.1) is 0 Å². The fraction of sp³-hybridized carbons (Fsp3) is 1.00. The van der Waals surface area contributed by atoms with Gasteiger partial charge in [-0.1, -0.05) is 13.8 Å². The number of hydrogen-bond donors (Lipinski definition) is 0. The van der Waals surface area contributed by atoms with Crippen LogP contribution in [0.25, 0.3) is 0 Å². The summed E-state index contributed by atoms with van der Waals surface area (Å²) in [6.07, 6.45) is 5.95. The molecule has 0 radical (unpaired) electrons. The van der Waals surface area contributed by atoms with Crippen molar-refractivity contribution in [3.63, 3.8) is 0 Å². The van der Waals surface area contributed by atoms with Crippen LogP contribution in [0.15, 0.2) is 0 Å². The van der Waals surface area contributed by atoms with E-state index in [0.29, 0.717) is 0 Å². The van der Waals surface area contributed by atoms with E-state index >= 15 is 0 Å². The summed E-state index contributed by atoms with van der Waals surface area (Å²) in [5, 5.41) is 0. The Morgan fingerprint density at radius 3 is 1.85 bits per heavy atom. The minimum Gasteiger partial charge on any atom is -0.324 e. The van der Waals surface area contributed by atoms with Crippen molar-refractivity contribution in [2.75, 3.05) is 14.1 Å². The summed E-state index contributed by atoms with van der Waals surface area (Å²) in [6, 6.07) is 1.96. The first kappa shape index (κ1) is 9.51. The maximum Gasteiger partial charge on any atom is 0.0893 e. The lowest BCUT2D eigenvalue weighted by Crippen LogP contribution is -2.55. The molecule has 2 aliphatic rings. The Balaban J connectivity index is 2.11. The van der Waals surface area contributed by atoms with Gasteiger partial charge in [-0.3, -0.25) is 0 Å². The fourth-order valence-corrected chi connectivity index (χ4v) is 3.47. The van der Waals surface area contributed by atoms with Gasteiger partial charge in [0.05, 0.1) is 26.2 Å². The van der Waals surface area contributed by atoms with Crippen LogP contribution in [0.3, 0.4) is 0 Å². The van der Waals surface area contributed by atoms with Gasteiger partial charge in [0, 0.05) is 25.7 Å². The first-order valence-corrected chi connectivity index (χ1v) is 5.85. The highest BCUT2D eigenvalue weighted by atomic mass is 15.4. The average Bonchev–Trinajstić information content (AvgIpc) is 2.24. The Bertz CT molecular complexity index is 179. The van der Waals surface area contributed by atoms with E-state index in [0.717, 1.165) is 23.9 Å². The van der Waals surface area contributed by atoms with Gasteiger partial charge < -0.3 is 4.48 Å². The van der Waals surface area contributed by atoms with Crippen LogP contribution in [-0.4, -0.2) is 30.7 Å². The summed E-state index contributed by atoms with van der Waals surface area (Å²) < 4.78 is 1.32. The van der Waals surface area contributed by atoms with E-state index in [2.05, 4.69) is 27.9 Å². The van der Waals surface area contributed by atoms with Crippen molar-refractivity contribution in [3.05, 3.63) is 0 Å². The van der Waals surface area contributed by atoms with Gasteiger partial charge in [-0.25, -0.2) is 0 Å². The second kappa shape index (κ2) is 2.98. The molecular formula is C12H24N+. The maximum absolute atomic E-state index is 2.44. The van der Waals surface area contributed by atoms with Crippen LogP contribution in [-0.2, 0) is 0 Å². The lowest BCUT2D eigenvalue weighted by Gasteiger charge is -2.45. The van der Waals surface area contributed by atoms with Gasteiger partial charge >= 0.3 is 0 Å². The third-order valence-electron chi connectivity index (χ3n) is 4.81. The monoisotopic (exact) mass is 182 g/mol. The molecule has 0 saturated carbocycles. The largest absolute Gasteiger partial charge is 0.324 e. The molecule has 1 unspecified atom stereocenters. The van der Waals surface area contributed by atoms with Crippen LogP contribution in [0.4, 0.5) is 0 Å². The van der Waals surface area contributed by atoms with Crippen molar-refractivity contribution in [2.45, 2.75) is 51.6 Å². The quantitative estimate of drug-likeness (QED) is 0.547. The van der Waals surface area contributed by atoms with Crippen molar-refractivity contribution < 1.29 is 4.48 Å². The van der Waals surface area contributed by atoms with Crippen molar-refractivity contribution in [2.24, 2.45) is 11.8 Å². The van der Waals surface area contributed by atoms with E-state index < -0.39 is 0 Å². The Labute approximate surface area is 82.7 Å². The maximum atomic E-state index is 2.44. The number of fused-ring (bicyclic) bond motifs is 2. The highest BCUT2D eigenvalue weighted by molar-refractivity contribution is 4.85. The fourth-order valence-electron chi connectivity index (χ4n) is 3.47. The Hall–Kier alpha value is -0.0400. The molecule has 2 heterocycles. The molecule has 0 aromatic heterocycles. The van der Waals surface area contributed by atoms with Gasteiger partial charge in [0.2, 0.25) is 0 Å². The predicted molar refractivity (Wildman–Crippen MR) is 56.5 cm³/mol. The Morgan fingerprint density at radius 1 is 1.00 bits per heavy atom. The summed E-state index contributed by atoms with van der Waals surface area (Å²) in [5.41, 5.74) is 0. The molecule has 0 aromatic rings. The molecule has 2 bridgehead atoms. The zero-order valence-corrected chi connectivity index (χ0v) is 9.59. The Morgan fingerprint density at radius 2 is 1.46 bits per heavy atom. The van der Waals surface area contributed by atoms with E-state index in [4.69, 9.17) is 0 Å². The molecule has 1 heteroatoms. The summed E-state index contributed by atoms with van der Waals surface area (Å²) in [7, 11) is 4.89. The van der Waals surface area contributed by atoms with E-state index in [1.54, 1.807) is 0 Å². The molecule has 3 atom stereocenters. The molecule has 0 spiro atoms. The average molecular weight is 182 g/mol. The van der Waals surface area contributed by atoms with Crippen LogP contribution >= 0.6 is 0 Å². The van der Waals surface area contributed by atoms with Gasteiger partial charge in [-0.2, -0.15) is 0 Å². The molecule has 2 saturated heterocycles. The lowest BCUT2D eigenvalue weighted by atomic mass is 9.82. The van der Waals surface area contributed by atoms with Gasteiger partial charge in [0.15, 0.2) is 0 Å². The van der Waals surface area contributed by atoms with E-state index in [1.807, 2.05) is 0 Å². The molecule has 0 aromatic carbocycles. The molecule has 0 aliphatic carbocycles.